The first-order valence-corrected chi connectivity index (χ1v) is 32.6. The van der Waals surface area contributed by atoms with E-state index in [4.69, 9.17) is 19.9 Å². The number of urea groups is 1. The number of carbonyl (C=O) groups is 11. The van der Waals surface area contributed by atoms with Crippen LogP contribution in [0.3, 0.4) is 0 Å². The SMILES string of the molecule is COC(CC(=O)N1CCCC1C(OC)C(C)C(=O)NC(C)C(O)c1ccccc1)C(C1CCCC1)N(C)C(=O)C(NC(=O)C(C)(C)NC(=O)OCc1ccc(NC(=O)C(CCCNC(N)=O)NC(=O)C(NC(=O)CCCCCN2C(=O)C=CC2=O)C(C)C)cc1)C(C)C. The molecule has 10 atom stereocenters. The fraction of sp³-hybridized carbons (Fsp3) is 0.627. The monoisotopic (exact) mass is 1300 g/mol. The van der Waals surface area contributed by atoms with Crippen LogP contribution in [0.2, 0.25) is 0 Å². The molecule has 5 rings (SSSR count). The van der Waals surface area contributed by atoms with E-state index < -0.39 is 108 Å². The number of carbonyl (C=O) groups excluding carboxylic acids is 11. The normalized spacial score (nSPS) is 17.9. The third-order valence-electron chi connectivity index (χ3n) is 17.7. The number of unbranched alkanes of at least 4 members (excludes halogenated alkanes) is 2. The second kappa shape index (κ2) is 36.5. The summed E-state index contributed by atoms with van der Waals surface area (Å²) in [6, 6.07) is 9.88. The van der Waals surface area contributed by atoms with Crippen LogP contribution in [-0.4, -0.2) is 180 Å². The number of imide groups is 1. The van der Waals surface area contributed by atoms with Gasteiger partial charge in [-0.15, -0.1) is 0 Å². The number of methoxy groups -OCH3 is 2. The van der Waals surface area contributed by atoms with Gasteiger partial charge in [-0.05, 0) is 113 Å². The number of alkyl carbamates (subject to hydrolysis) is 1. The van der Waals surface area contributed by atoms with Crippen molar-refractivity contribution in [1.29, 1.82) is 0 Å². The second-order valence-electron chi connectivity index (χ2n) is 25.9. The number of rotatable bonds is 36. The largest absolute Gasteiger partial charge is 0.445 e. The van der Waals surface area contributed by atoms with E-state index >= 15 is 0 Å². The molecular weight excluding hydrogens is 1200 g/mol. The molecule has 1 saturated carbocycles. The van der Waals surface area contributed by atoms with Gasteiger partial charge in [-0.2, -0.15) is 0 Å². The van der Waals surface area contributed by atoms with Crippen LogP contribution in [0.4, 0.5) is 15.3 Å². The van der Waals surface area contributed by atoms with Gasteiger partial charge in [0.05, 0.1) is 48.8 Å². The van der Waals surface area contributed by atoms with E-state index in [0.717, 1.165) is 30.6 Å². The summed E-state index contributed by atoms with van der Waals surface area (Å²) < 4.78 is 17.6. The molecule has 2 aromatic carbocycles. The lowest BCUT2D eigenvalue weighted by Crippen LogP contribution is -2.62. The summed E-state index contributed by atoms with van der Waals surface area (Å²) in [7, 11) is 4.71. The van der Waals surface area contributed by atoms with Crippen LogP contribution in [0.25, 0.3) is 0 Å². The first-order chi connectivity index (χ1) is 44.1. The minimum Gasteiger partial charge on any atom is -0.445 e. The van der Waals surface area contributed by atoms with E-state index in [9.17, 15) is 57.8 Å². The summed E-state index contributed by atoms with van der Waals surface area (Å²) in [6.45, 7) is 14.1. The number of anilines is 1. The number of nitrogens with one attached hydrogen (secondary N) is 7. The quantitative estimate of drug-likeness (QED) is 0.0332. The van der Waals surface area contributed by atoms with E-state index in [0.29, 0.717) is 55.5 Å². The average molecular weight is 1300 g/mol. The van der Waals surface area contributed by atoms with Crippen molar-refractivity contribution in [3.8, 4) is 0 Å². The maximum Gasteiger partial charge on any atom is 0.408 e. The maximum absolute atomic E-state index is 14.8. The van der Waals surface area contributed by atoms with Crippen LogP contribution in [0.5, 0.6) is 0 Å². The molecule has 0 bridgehead atoms. The Morgan fingerprint density at radius 2 is 1.39 bits per heavy atom. The zero-order valence-corrected chi connectivity index (χ0v) is 56.0. The van der Waals surface area contributed by atoms with Gasteiger partial charge in [0, 0.05) is 65.2 Å². The number of likely N-dealkylation sites (N-methyl/N-ethyl adjacent to an activating group) is 1. The summed E-state index contributed by atoms with van der Waals surface area (Å²) in [4.78, 5) is 150. The topological polar surface area (TPSA) is 356 Å². The molecule has 0 aromatic heterocycles. The lowest BCUT2D eigenvalue weighted by molar-refractivity contribution is -0.148. The lowest BCUT2D eigenvalue weighted by Gasteiger charge is -2.41. The summed E-state index contributed by atoms with van der Waals surface area (Å²) in [6.07, 6.45) is 5.77. The fourth-order valence-corrected chi connectivity index (χ4v) is 12.3. The summed E-state index contributed by atoms with van der Waals surface area (Å²) in [5, 5.41) is 30.1. The molecule has 93 heavy (non-hydrogen) atoms. The highest BCUT2D eigenvalue weighted by atomic mass is 16.5. The van der Waals surface area contributed by atoms with Crippen molar-refractivity contribution in [2.75, 3.05) is 46.2 Å². The number of primary amides is 1. The Morgan fingerprint density at radius 3 is 1.99 bits per heavy atom. The van der Waals surface area contributed by atoms with Crippen molar-refractivity contribution in [2.24, 2.45) is 29.4 Å². The number of benzene rings is 2. The maximum atomic E-state index is 14.8. The fourth-order valence-electron chi connectivity index (χ4n) is 12.3. The predicted molar refractivity (Wildman–Crippen MR) is 347 cm³/mol. The Hall–Kier alpha value is -7.97. The van der Waals surface area contributed by atoms with E-state index in [1.807, 2.05) is 18.2 Å². The van der Waals surface area contributed by atoms with Gasteiger partial charge in [0.15, 0.2) is 0 Å². The zero-order chi connectivity index (χ0) is 68.7. The van der Waals surface area contributed by atoms with Crippen LogP contribution >= 0.6 is 0 Å². The highest BCUT2D eigenvalue weighted by Crippen LogP contribution is 2.35. The van der Waals surface area contributed by atoms with Crippen LogP contribution in [0.15, 0.2) is 66.7 Å². The molecule has 2 fully saturated rings. The third-order valence-corrected chi connectivity index (χ3v) is 17.7. The van der Waals surface area contributed by atoms with Gasteiger partial charge in [0.25, 0.3) is 11.8 Å². The number of aliphatic hydroxyl groups excluding tert-OH is 1. The first kappa shape index (κ1) is 75.7. The number of likely N-dealkylation sites (tertiary alicyclic amines) is 1. The predicted octanol–water partition coefficient (Wildman–Crippen LogP) is 4.63. The number of hydrogen-bond acceptors (Lipinski definition) is 15. The molecule has 0 radical (unpaired) electrons. The van der Waals surface area contributed by atoms with Gasteiger partial charge in [-0.1, -0.05) is 96.3 Å². The molecule has 10 unspecified atom stereocenters. The summed E-state index contributed by atoms with van der Waals surface area (Å²) >= 11 is 0. The Morgan fingerprint density at radius 1 is 0.742 bits per heavy atom. The summed E-state index contributed by atoms with van der Waals surface area (Å²) in [5.41, 5.74) is 5.16. The molecule has 0 spiro atoms. The number of nitrogens with zero attached hydrogens (tertiary/aromatic N) is 3. The molecule has 1 saturated heterocycles. The molecule has 10 N–H and O–H groups in total. The average Bonchev–Trinajstić information content (AvgIpc) is 1.81. The molecule has 2 aliphatic heterocycles. The van der Waals surface area contributed by atoms with Crippen molar-refractivity contribution in [3.05, 3.63) is 77.9 Å². The standard InChI is InChI=1S/C67H101N11O15/c1-40(2)55(73-51(79)28-16-13-19-36-78-52(80)33-34-53(78)81)62(86)72-48(26-20-35-69-65(68)89)61(85)71-47-31-29-44(30-32-47)39-93-66(90)75-67(7,8)64(88)74-56(41(3)4)63(87)76(9)57(45-22-17-18-23-45)50(91-10)38-54(82)77-37-21-27-49(77)59(92-11)42(5)60(84)70-43(6)58(83)46-24-14-12-15-25-46/h12,14-15,24-25,29-34,40-43,45,48-50,55-59,83H,13,16-23,26-28,35-39H2,1-11H3,(H,70,84)(H,71,85)(H,72,86)(H,73,79)(H,74,88)(H,75,90)(H3,68,69,89). The van der Waals surface area contributed by atoms with Gasteiger partial charge in [-0.25, -0.2) is 9.59 Å². The van der Waals surface area contributed by atoms with E-state index in [2.05, 4.69) is 37.2 Å². The van der Waals surface area contributed by atoms with Crippen LogP contribution in [0, 0.1) is 23.7 Å². The summed E-state index contributed by atoms with van der Waals surface area (Å²) in [5.74, 6) is -5.41. The minimum atomic E-state index is -1.59. The van der Waals surface area contributed by atoms with E-state index in [1.165, 1.54) is 40.2 Å². The number of amides is 12. The lowest BCUT2D eigenvalue weighted by atomic mass is 9.88. The van der Waals surface area contributed by atoms with Crippen LogP contribution in [0.1, 0.15) is 156 Å². The Balaban J connectivity index is 1.15. The van der Waals surface area contributed by atoms with E-state index in [1.54, 1.807) is 94.8 Å². The molecule has 3 aliphatic rings. The number of hydrogen-bond donors (Lipinski definition) is 9. The molecule has 2 aromatic rings. The van der Waals surface area contributed by atoms with Gasteiger partial charge < -0.3 is 72.1 Å². The van der Waals surface area contributed by atoms with Crippen LogP contribution < -0.4 is 43.0 Å². The molecule has 26 nitrogen and oxygen atoms in total. The third kappa shape index (κ3) is 22.4. The molecule has 2 heterocycles. The van der Waals surface area contributed by atoms with Crippen molar-refractivity contribution in [3.63, 3.8) is 0 Å². The number of nitrogens with two attached hydrogens (primary N) is 1. The number of ether oxygens (including phenoxy) is 3. The molecule has 26 heteroatoms. The van der Waals surface area contributed by atoms with E-state index in [-0.39, 0.29) is 86.8 Å². The molecular formula is C67H101N11O15. The Bertz CT molecular complexity index is 2880. The van der Waals surface area contributed by atoms with Crippen molar-refractivity contribution >= 4 is 71.0 Å². The van der Waals surface area contributed by atoms with Crippen molar-refractivity contribution in [1.82, 2.24) is 46.6 Å². The van der Waals surface area contributed by atoms with Gasteiger partial charge in [0.1, 0.15) is 30.3 Å². The number of aliphatic hydroxyl groups is 1. The highest BCUT2D eigenvalue weighted by Gasteiger charge is 2.45. The van der Waals surface area contributed by atoms with Gasteiger partial charge in [0.2, 0.25) is 41.4 Å². The van der Waals surface area contributed by atoms with Crippen LogP contribution in [-0.2, 0) is 64.0 Å². The van der Waals surface area contributed by atoms with Gasteiger partial charge in [-0.3, -0.25) is 48.1 Å². The zero-order valence-electron chi connectivity index (χ0n) is 56.0. The van der Waals surface area contributed by atoms with Gasteiger partial charge >= 0.3 is 12.1 Å². The van der Waals surface area contributed by atoms with Crippen molar-refractivity contribution < 1.29 is 72.1 Å². The highest BCUT2D eigenvalue weighted by molar-refractivity contribution is 6.12. The smallest absolute Gasteiger partial charge is 0.408 e. The molecule has 1 aliphatic carbocycles. The minimum absolute atomic E-state index is 0.0157. The Kier molecular flexibility index (Phi) is 29.7. The Labute approximate surface area is 546 Å². The molecule has 514 valence electrons. The first-order valence-electron chi connectivity index (χ1n) is 32.6. The van der Waals surface area contributed by atoms with Crippen molar-refractivity contribution in [2.45, 2.75) is 206 Å². The second-order valence-corrected chi connectivity index (χ2v) is 25.9. The molecule has 12 amide bonds.